The van der Waals surface area contributed by atoms with Gasteiger partial charge in [0.1, 0.15) is 0 Å². The van der Waals surface area contributed by atoms with Gasteiger partial charge in [-0.25, -0.2) is 10.6 Å². The van der Waals surface area contributed by atoms with Gasteiger partial charge < -0.3 is 5.32 Å². The highest BCUT2D eigenvalue weighted by molar-refractivity contribution is 5.89. The lowest BCUT2D eigenvalue weighted by molar-refractivity contribution is 0.0149. The fourth-order valence-electron chi connectivity index (χ4n) is 1.80. The molecule has 0 aliphatic rings. The first-order valence-corrected chi connectivity index (χ1v) is 7.24. The van der Waals surface area contributed by atoms with Gasteiger partial charge in [0.25, 0.3) is 0 Å². The van der Waals surface area contributed by atoms with E-state index >= 15 is 0 Å². The number of allylic oxidation sites excluding steroid dienone is 1. The van der Waals surface area contributed by atoms with Crippen molar-refractivity contribution in [3.63, 3.8) is 0 Å². The molecule has 0 aromatic heterocycles. The number of hydrogen-bond acceptors (Lipinski definition) is 4. The topological polar surface area (TPSA) is 79.6 Å². The number of anilines is 1. The minimum absolute atomic E-state index is 0.127. The minimum Gasteiger partial charge on any atom is -0.306 e. The molecule has 0 aliphatic heterocycles. The van der Waals surface area contributed by atoms with Crippen molar-refractivity contribution in [2.24, 2.45) is 5.84 Å². The summed E-state index contributed by atoms with van der Waals surface area (Å²) in [4.78, 5) is 17.3. The number of carbonyl (C=O) groups excluding carboxylic acids is 1. The van der Waals surface area contributed by atoms with Crippen LogP contribution in [0.25, 0.3) is 0 Å². The smallest absolute Gasteiger partial charge is 0.306 e. The maximum Gasteiger partial charge on any atom is 0.335 e. The summed E-state index contributed by atoms with van der Waals surface area (Å²) < 4.78 is 0. The number of amides is 2. The third-order valence-electron chi connectivity index (χ3n) is 3.59. The molecule has 6 nitrogen and oxygen atoms in total. The van der Waals surface area contributed by atoms with Crippen molar-refractivity contribution in [2.75, 3.05) is 12.4 Å². The Labute approximate surface area is 132 Å². The number of carbonyl (C=O) groups is 1. The zero-order chi connectivity index (χ0) is 16.7. The lowest BCUT2D eigenvalue weighted by Gasteiger charge is -2.18. The first-order chi connectivity index (χ1) is 10.4. The lowest BCUT2D eigenvalue weighted by atomic mass is 10.1. The standard InChI is InChI=1S/C16H26N4O2/c1-6-11(2)13(4)19-22-10-14-12(3)8-7-9-15(14)18-16(21)20(5)17/h6-9,13,19H,10,17H2,1-5H3,(H,18,21)/b11-6+. The number of hydrazine groups is 1. The molecule has 0 bridgehead atoms. The summed E-state index contributed by atoms with van der Waals surface area (Å²) in [5, 5.41) is 3.77. The first-order valence-electron chi connectivity index (χ1n) is 7.24. The van der Waals surface area contributed by atoms with Crippen molar-refractivity contribution in [2.45, 2.75) is 40.3 Å². The SMILES string of the molecule is C/C=C(\C)C(C)NOCc1c(C)cccc1NC(=O)N(C)N. The van der Waals surface area contributed by atoms with Gasteiger partial charge in [-0.1, -0.05) is 23.8 Å². The third-order valence-corrected chi connectivity index (χ3v) is 3.59. The maximum atomic E-state index is 11.7. The number of rotatable bonds is 6. The van der Waals surface area contributed by atoms with E-state index in [0.717, 1.165) is 16.1 Å². The van der Waals surface area contributed by atoms with Crippen LogP contribution >= 0.6 is 0 Å². The molecular weight excluding hydrogens is 280 g/mol. The number of nitrogens with two attached hydrogens (primary N) is 1. The molecule has 0 heterocycles. The van der Waals surface area contributed by atoms with E-state index in [2.05, 4.69) is 10.8 Å². The van der Waals surface area contributed by atoms with Crippen molar-refractivity contribution in [1.29, 1.82) is 0 Å². The minimum atomic E-state index is -0.377. The van der Waals surface area contributed by atoms with Crippen LogP contribution in [0.15, 0.2) is 29.8 Å². The fourth-order valence-corrected chi connectivity index (χ4v) is 1.80. The largest absolute Gasteiger partial charge is 0.335 e. The van der Waals surface area contributed by atoms with Crippen LogP contribution in [-0.2, 0) is 11.4 Å². The third kappa shape index (κ3) is 5.14. The average Bonchev–Trinajstić information content (AvgIpc) is 2.48. The van der Waals surface area contributed by atoms with E-state index < -0.39 is 0 Å². The molecule has 1 rings (SSSR count). The van der Waals surface area contributed by atoms with Crippen molar-refractivity contribution < 1.29 is 9.63 Å². The van der Waals surface area contributed by atoms with Crippen LogP contribution in [0.5, 0.6) is 0 Å². The van der Waals surface area contributed by atoms with E-state index in [-0.39, 0.29) is 12.1 Å². The molecule has 0 aliphatic carbocycles. The van der Waals surface area contributed by atoms with E-state index in [1.54, 1.807) is 0 Å². The molecule has 0 fully saturated rings. The Morgan fingerprint density at radius 3 is 2.77 bits per heavy atom. The van der Waals surface area contributed by atoms with Crippen molar-refractivity contribution in [3.05, 3.63) is 41.0 Å². The predicted octanol–water partition coefficient (Wildman–Crippen LogP) is 2.71. The number of aryl methyl sites for hydroxylation is 1. The average molecular weight is 306 g/mol. The quantitative estimate of drug-likeness (QED) is 0.327. The molecule has 0 saturated carbocycles. The van der Waals surface area contributed by atoms with Gasteiger partial charge in [0, 0.05) is 18.3 Å². The van der Waals surface area contributed by atoms with Crippen LogP contribution in [-0.4, -0.2) is 24.1 Å². The summed E-state index contributed by atoms with van der Waals surface area (Å²) in [7, 11) is 1.49. The van der Waals surface area contributed by atoms with E-state index in [0.29, 0.717) is 12.3 Å². The summed E-state index contributed by atoms with van der Waals surface area (Å²) in [5.74, 6) is 5.43. The summed E-state index contributed by atoms with van der Waals surface area (Å²) in [5.41, 5.74) is 6.84. The molecule has 0 spiro atoms. The molecule has 0 radical (unpaired) electrons. The monoisotopic (exact) mass is 306 g/mol. The second-order valence-electron chi connectivity index (χ2n) is 5.30. The second kappa shape index (κ2) is 8.53. The van der Waals surface area contributed by atoms with Gasteiger partial charge in [-0.2, -0.15) is 5.48 Å². The Balaban J connectivity index is 2.75. The summed E-state index contributed by atoms with van der Waals surface area (Å²) in [6.45, 7) is 8.38. The number of hydroxylamine groups is 1. The number of nitrogens with zero attached hydrogens (tertiary/aromatic N) is 1. The van der Waals surface area contributed by atoms with Crippen LogP contribution in [0.1, 0.15) is 31.9 Å². The molecule has 22 heavy (non-hydrogen) atoms. The highest BCUT2D eigenvalue weighted by Crippen LogP contribution is 2.20. The Morgan fingerprint density at radius 2 is 2.18 bits per heavy atom. The molecule has 1 unspecified atom stereocenters. The molecule has 4 N–H and O–H groups in total. The summed E-state index contributed by atoms with van der Waals surface area (Å²) >= 11 is 0. The molecule has 1 atom stereocenters. The number of nitrogens with one attached hydrogen (secondary N) is 2. The van der Waals surface area contributed by atoms with Gasteiger partial charge in [-0.15, -0.1) is 0 Å². The Kier molecular flexibility index (Phi) is 7.04. The Hall–Kier alpha value is -1.89. The molecule has 6 heteroatoms. The Bertz CT molecular complexity index is 541. The van der Waals surface area contributed by atoms with E-state index in [9.17, 15) is 4.79 Å². The van der Waals surface area contributed by atoms with Crippen molar-refractivity contribution in [1.82, 2.24) is 10.5 Å². The molecule has 0 saturated heterocycles. The van der Waals surface area contributed by atoms with Crippen LogP contribution < -0.4 is 16.6 Å². The highest BCUT2D eigenvalue weighted by atomic mass is 16.6. The molecule has 2 amide bonds. The summed E-state index contributed by atoms with van der Waals surface area (Å²) in [6, 6.07) is 5.43. The van der Waals surface area contributed by atoms with Crippen molar-refractivity contribution in [3.8, 4) is 0 Å². The van der Waals surface area contributed by atoms with Gasteiger partial charge in [0.2, 0.25) is 0 Å². The fraction of sp³-hybridized carbons (Fsp3) is 0.438. The molecular formula is C16H26N4O2. The highest BCUT2D eigenvalue weighted by Gasteiger charge is 2.11. The zero-order valence-electron chi connectivity index (χ0n) is 13.9. The maximum absolute atomic E-state index is 11.7. The van der Waals surface area contributed by atoms with Gasteiger partial charge >= 0.3 is 6.03 Å². The number of hydrogen-bond donors (Lipinski definition) is 3. The van der Waals surface area contributed by atoms with E-state index in [4.69, 9.17) is 10.7 Å². The second-order valence-corrected chi connectivity index (χ2v) is 5.30. The van der Waals surface area contributed by atoms with Gasteiger partial charge in [-0.3, -0.25) is 9.85 Å². The van der Waals surface area contributed by atoms with E-state index in [1.165, 1.54) is 12.6 Å². The summed E-state index contributed by atoms with van der Waals surface area (Å²) in [6.07, 6.45) is 2.04. The van der Waals surface area contributed by atoms with Gasteiger partial charge in [-0.05, 0) is 39.3 Å². The van der Waals surface area contributed by atoms with Gasteiger partial charge in [0.05, 0.1) is 12.6 Å². The van der Waals surface area contributed by atoms with Crippen LogP contribution in [0.3, 0.4) is 0 Å². The number of urea groups is 1. The first kappa shape index (κ1) is 18.2. The molecule has 1 aromatic rings. The van der Waals surface area contributed by atoms with Crippen LogP contribution in [0, 0.1) is 6.92 Å². The predicted molar refractivity (Wildman–Crippen MR) is 89.0 cm³/mol. The van der Waals surface area contributed by atoms with E-state index in [1.807, 2.05) is 52.0 Å². The normalized spacial score (nSPS) is 12.9. The lowest BCUT2D eigenvalue weighted by Crippen LogP contribution is -2.37. The van der Waals surface area contributed by atoms with Crippen molar-refractivity contribution >= 4 is 11.7 Å². The Morgan fingerprint density at radius 1 is 1.50 bits per heavy atom. The van der Waals surface area contributed by atoms with Gasteiger partial charge in [0.15, 0.2) is 0 Å². The zero-order valence-corrected chi connectivity index (χ0v) is 13.9. The van der Waals surface area contributed by atoms with Crippen LogP contribution in [0.4, 0.5) is 10.5 Å². The number of benzene rings is 1. The molecule has 1 aromatic carbocycles. The van der Waals surface area contributed by atoms with Crippen LogP contribution in [0.2, 0.25) is 0 Å². The molecule has 122 valence electrons.